The van der Waals surface area contributed by atoms with Crippen LogP contribution in [-0.2, 0) is 16.2 Å². The van der Waals surface area contributed by atoms with Crippen molar-refractivity contribution in [3.63, 3.8) is 0 Å². The minimum absolute atomic E-state index is 0.423. The smallest absolute Gasteiger partial charge is 0.164 e. The molecular formula is C63H69N3. The van der Waals surface area contributed by atoms with Crippen LogP contribution < -0.4 is 0 Å². The van der Waals surface area contributed by atoms with E-state index in [0.717, 1.165) is 158 Å². The van der Waals surface area contributed by atoms with E-state index in [2.05, 4.69) is 72.8 Å². The van der Waals surface area contributed by atoms with Crippen LogP contribution in [0, 0.1) is 124 Å². The molecule has 1 heterocycles. The first-order chi connectivity index (χ1) is 32.5. The molecule has 0 spiro atoms. The van der Waals surface area contributed by atoms with Gasteiger partial charge in [-0.25, -0.2) is 15.0 Å². The molecule has 24 bridgehead atoms. The standard InChI is InChI=1S/C63H69N3/c1-7-40(61-28-34-16-46-43-13-31(22-52(46)61)23-53(61)47(43)17-34)8-2-37(1)58-64-59(38-3-9-41(10-4-38)62-29-35-18-48-44-14-32(24-54(48)62)25-55(62)49(44)19-35)66-60(65-58)39-5-11-42(12-6-39)63-30-36-20-50-45-15-33(26-56(50)63)27-57(63)51(45)21-36/h1-12,31-36,43-57H,13-30H2. The van der Waals surface area contributed by atoms with Crippen molar-refractivity contribution in [2.24, 2.45) is 124 Å². The van der Waals surface area contributed by atoms with Crippen LogP contribution in [0.3, 0.4) is 0 Å². The minimum Gasteiger partial charge on any atom is -0.208 e. The van der Waals surface area contributed by atoms with Gasteiger partial charge in [0.05, 0.1) is 0 Å². The second-order valence-corrected chi connectivity index (χ2v) is 28.1. The zero-order valence-electron chi connectivity index (χ0n) is 39.1. The summed E-state index contributed by atoms with van der Waals surface area (Å²) in [5.74, 6) is 23.2. The molecule has 0 amide bonds. The van der Waals surface area contributed by atoms with Gasteiger partial charge in [0.15, 0.2) is 17.5 Å². The van der Waals surface area contributed by atoms with Gasteiger partial charge in [0.1, 0.15) is 0 Å². The van der Waals surface area contributed by atoms with Gasteiger partial charge in [-0.05, 0) is 257 Å². The van der Waals surface area contributed by atoms with Crippen LogP contribution in [0.15, 0.2) is 72.8 Å². The van der Waals surface area contributed by atoms with E-state index in [1.807, 2.05) is 0 Å². The van der Waals surface area contributed by atoms with Gasteiger partial charge in [0.25, 0.3) is 0 Å². The Kier molecular flexibility index (Phi) is 6.65. The van der Waals surface area contributed by atoms with Crippen LogP contribution >= 0.6 is 0 Å². The van der Waals surface area contributed by atoms with Crippen LogP contribution in [0.5, 0.6) is 0 Å². The van der Waals surface area contributed by atoms with Crippen molar-refractivity contribution in [2.75, 3.05) is 0 Å². The van der Waals surface area contributed by atoms with Gasteiger partial charge < -0.3 is 0 Å². The third-order valence-corrected chi connectivity index (χ3v) is 26.9. The van der Waals surface area contributed by atoms with E-state index in [4.69, 9.17) is 15.0 Å². The molecule has 12 atom stereocenters. The fourth-order valence-corrected chi connectivity index (χ4v) is 26.1. The maximum absolute atomic E-state index is 5.46. The monoisotopic (exact) mass is 868 g/mol. The van der Waals surface area contributed by atoms with Crippen LogP contribution in [-0.4, -0.2) is 15.0 Å². The molecule has 21 aliphatic carbocycles. The second-order valence-electron chi connectivity index (χ2n) is 28.1. The quantitative estimate of drug-likeness (QED) is 0.194. The summed E-state index contributed by atoms with van der Waals surface area (Å²) in [7, 11) is 0. The SMILES string of the molecule is c1cc(C23CC4CC5C6CC(CC52)CC3C6C4)ccc1-c1nc(-c2ccc(C34CC5CC6C7CC(CC63)CC4C7C5)cc2)nc(-c2ccc(C34CC5CC6C7CC(CC63)CC4C7C5)cc2)n1. The Morgan fingerprint density at radius 3 is 0.727 bits per heavy atom. The van der Waals surface area contributed by atoms with Crippen molar-refractivity contribution in [1.82, 2.24) is 15.0 Å². The highest BCUT2D eigenvalue weighted by Crippen LogP contribution is 2.79. The molecule has 66 heavy (non-hydrogen) atoms. The van der Waals surface area contributed by atoms with Crippen molar-refractivity contribution in [2.45, 2.75) is 132 Å². The molecule has 3 aromatic carbocycles. The topological polar surface area (TPSA) is 38.7 Å². The molecule has 21 fully saturated rings. The van der Waals surface area contributed by atoms with E-state index in [1.165, 1.54) is 57.8 Å². The molecule has 0 saturated heterocycles. The summed E-state index contributed by atoms with van der Waals surface area (Å²) in [6, 6.07) is 30.1. The Morgan fingerprint density at radius 1 is 0.258 bits per heavy atom. The Balaban J connectivity index is 0.709. The molecule has 0 radical (unpaired) electrons. The number of hydrogen-bond acceptors (Lipinski definition) is 3. The highest BCUT2D eigenvalue weighted by Gasteiger charge is 2.73. The summed E-state index contributed by atoms with van der Waals surface area (Å²) in [6.07, 6.45) is 27.3. The lowest BCUT2D eigenvalue weighted by Gasteiger charge is -2.74. The van der Waals surface area contributed by atoms with Gasteiger partial charge in [-0.2, -0.15) is 0 Å². The molecule has 21 saturated carbocycles. The Labute approximate surface area is 393 Å². The van der Waals surface area contributed by atoms with Crippen molar-refractivity contribution >= 4 is 0 Å². The van der Waals surface area contributed by atoms with E-state index < -0.39 is 0 Å². The summed E-state index contributed by atoms with van der Waals surface area (Å²) in [4.78, 5) is 16.4. The molecule has 4 aromatic rings. The first-order valence-electron chi connectivity index (χ1n) is 28.6. The summed E-state index contributed by atoms with van der Waals surface area (Å²) < 4.78 is 0. The van der Waals surface area contributed by atoms with Gasteiger partial charge in [0.2, 0.25) is 0 Å². The lowest BCUT2D eigenvalue weighted by molar-refractivity contribution is -0.220. The van der Waals surface area contributed by atoms with E-state index in [1.54, 1.807) is 74.5 Å². The lowest BCUT2D eigenvalue weighted by Crippen LogP contribution is -2.69. The number of nitrogens with zero attached hydrogens (tertiary/aromatic N) is 3. The number of hydrogen-bond donors (Lipinski definition) is 0. The number of aromatic nitrogens is 3. The molecule has 0 aliphatic heterocycles. The van der Waals surface area contributed by atoms with Crippen molar-refractivity contribution < 1.29 is 0 Å². The Hall–Kier alpha value is -3.33. The van der Waals surface area contributed by atoms with E-state index in [-0.39, 0.29) is 0 Å². The van der Waals surface area contributed by atoms with Crippen molar-refractivity contribution in [1.29, 1.82) is 0 Å². The normalized spacial score (nSPS) is 53.9. The van der Waals surface area contributed by atoms with E-state index in [0.29, 0.717) is 16.2 Å². The molecule has 3 nitrogen and oxygen atoms in total. The fraction of sp³-hybridized carbons (Fsp3) is 0.667. The summed E-state index contributed by atoms with van der Waals surface area (Å²) in [5, 5.41) is 0. The second kappa shape index (κ2) is 12.0. The summed E-state index contributed by atoms with van der Waals surface area (Å²) >= 11 is 0. The van der Waals surface area contributed by atoms with Crippen molar-refractivity contribution in [3.8, 4) is 34.2 Å². The molecule has 336 valence electrons. The molecule has 0 N–H and O–H groups in total. The Morgan fingerprint density at radius 2 is 0.485 bits per heavy atom. The molecule has 1 aromatic heterocycles. The predicted octanol–water partition coefficient (Wildman–Crippen LogP) is 13.8. The highest BCUT2D eigenvalue weighted by atomic mass is 15.0. The van der Waals surface area contributed by atoms with Gasteiger partial charge in [-0.3, -0.25) is 0 Å². The molecule has 3 heteroatoms. The predicted molar refractivity (Wildman–Crippen MR) is 258 cm³/mol. The third kappa shape index (κ3) is 4.17. The first kappa shape index (κ1) is 36.6. The maximum atomic E-state index is 5.46. The van der Waals surface area contributed by atoms with Crippen LogP contribution in [0.1, 0.15) is 132 Å². The van der Waals surface area contributed by atoms with Crippen molar-refractivity contribution in [3.05, 3.63) is 89.5 Å². The van der Waals surface area contributed by atoms with Crippen LogP contribution in [0.2, 0.25) is 0 Å². The molecular weight excluding hydrogens is 799 g/mol. The van der Waals surface area contributed by atoms with E-state index >= 15 is 0 Å². The van der Waals surface area contributed by atoms with Gasteiger partial charge >= 0.3 is 0 Å². The van der Waals surface area contributed by atoms with Gasteiger partial charge in [-0.1, -0.05) is 72.8 Å². The zero-order valence-corrected chi connectivity index (χ0v) is 39.1. The largest absolute Gasteiger partial charge is 0.208 e. The maximum Gasteiger partial charge on any atom is 0.164 e. The molecule has 12 unspecified atom stereocenters. The van der Waals surface area contributed by atoms with Gasteiger partial charge in [0, 0.05) is 32.9 Å². The fourth-order valence-electron chi connectivity index (χ4n) is 26.1. The van der Waals surface area contributed by atoms with Gasteiger partial charge in [-0.15, -0.1) is 0 Å². The minimum atomic E-state index is 0.423. The van der Waals surface area contributed by atoms with Crippen LogP contribution in [0.25, 0.3) is 34.2 Å². The van der Waals surface area contributed by atoms with E-state index in [9.17, 15) is 0 Å². The average molecular weight is 868 g/mol. The summed E-state index contributed by atoms with van der Waals surface area (Å²) in [6.45, 7) is 0. The highest BCUT2D eigenvalue weighted by molar-refractivity contribution is 5.67. The number of benzene rings is 3. The zero-order chi connectivity index (χ0) is 42.2. The van der Waals surface area contributed by atoms with Crippen LogP contribution in [0.4, 0.5) is 0 Å². The Bertz CT molecular complexity index is 2370. The summed E-state index contributed by atoms with van der Waals surface area (Å²) in [5.41, 5.74) is 9.75. The molecule has 25 rings (SSSR count). The lowest BCUT2D eigenvalue weighted by atomic mass is 9.30. The number of rotatable bonds is 6. The third-order valence-electron chi connectivity index (χ3n) is 26.9. The molecule has 21 aliphatic rings. The average Bonchev–Trinajstić information content (AvgIpc) is 3.38. The first-order valence-corrected chi connectivity index (χ1v) is 28.6.